The normalized spacial score (nSPS) is 10.8. The van der Waals surface area contributed by atoms with Crippen molar-refractivity contribution < 1.29 is 17.9 Å². The van der Waals surface area contributed by atoms with Gasteiger partial charge in [-0.3, -0.25) is 0 Å². The van der Waals surface area contributed by atoms with Gasteiger partial charge in [0.1, 0.15) is 11.8 Å². The van der Waals surface area contributed by atoms with Crippen molar-refractivity contribution in [1.82, 2.24) is 0 Å². The maximum Gasteiger partial charge on any atom is 0.416 e. The number of ether oxygens (including phenoxy) is 1. The summed E-state index contributed by atoms with van der Waals surface area (Å²) in [6, 6.07) is 4.58. The number of hydrogen-bond acceptors (Lipinski definition) is 2. The summed E-state index contributed by atoms with van der Waals surface area (Å²) in [4.78, 5) is 0. The average molecular weight is 255 g/mol. The summed E-state index contributed by atoms with van der Waals surface area (Å²) in [5.41, 5.74) is -0.957. The molecule has 18 heavy (non-hydrogen) atoms. The quantitative estimate of drug-likeness (QED) is 0.590. The van der Waals surface area contributed by atoms with Crippen LogP contribution in [0.15, 0.2) is 30.9 Å². The molecule has 1 aromatic rings. The van der Waals surface area contributed by atoms with Crippen LogP contribution in [0.3, 0.4) is 0 Å². The van der Waals surface area contributed by atoms with Crippen molar-refractivity contribution in [2.75, 3.05) is 6.61 Å². The molecular formula is C13H12F3NO. The summed E-state index contributed by atoms with van der Waals surface area (Å²) in [7, 11) is 0. The fourth-order valence-corrected chi connectivity index (χ4v) is 1.33. The molecule has 0 amide bonds. The molecule has 0 aliphatic rings. The molecule has 1 rings (SSSR count). The third-order valence-corrected chi connectivity index (χ3v) is 2.24. The van der Waals surface area contributed by atoms with Crippen LogP contribution in [-0.2, 0) is 6.18 Å². The monoisotopic (exact) mass is 255 g/mol. The minimum Gasteiger partial charge on any atom is -0.492 e. The third-order valence-electron chi connectivity index (χ3n) is 2.24. The maximum atomic E-state index is 12.4. The van der Waals surface area contributed by atoms with Gasteiger partial charge >= 0.3 is 6.18 Å². The molecule has 0 heterocycles. The van der Waals surface area contributed by atoms with Crippen molar-refractivity contribution in [2.45, 2.75) is 19.0 Å². The molecule has 0 bridgehead atoms. The second-order valence-corrected chi connectivity index (χ2v) is 3.60. The highest BCUT2D eigenvalue weighted by molar-refractivity contribution is 5.46. The van der Waals surface area contributed by atoms with Crippen molar-refractivity contribution in [3.05, 3.63) is 42.0 Å². The van der Waals surface area contributed by atoms with E-state index in [2.05, 4.69) is 6.58 Å². The van der Waals surface area contributed by atoms with Crippen LogP contribution in [0.5, 0.6) is 5.75 Å². The number of allylic oxidation sites excluding steroid dienone is 1. The van der Waals surface area contributed by atoms with Crippen molar-refractivity contribution in [2.24, 2.45) is 0 Å². The Hall–Kier alpha value is -1.96. The summed E-state index contributed by atoms with van der Waals surface area (Å²) >= 11 is 0. The first-order chi connectivity index (χ1) is 8.49. The van der Waals surface area contributed by atoms with Crippen LogP contribution in [0.1, 0.15) is 24.0 Å². The summed E-state index contributed by atoms with van der Waals surface area (Å²) in [6.07, 6.45) is -1.27. The number of unbranched alkanes of at least 4 members (excludes halogenated alkanes) is 1. The van der Waals surface area contributed by atoms with Crippen molar-refractivity contribution >= 4 is 0 Å². The zero-order valence-electron chi connectivity index (χ0n) is 9.63. The van der Waals surface area contributed by atoms with Gasteiger partial charge in [-0.05, 0) is 31.0 Å². The van der Waals surface area contributed by atoms with E-state index in [1.807, 2.05) is 0 Å². The van der Waals surface area contributed by atoms with E-state index in [0.717, 1.165) is 18.6 Å². The Bertz CT molecular complexity index is 460. The molecule has 0 fully saturated rings. The van der Waals surface area contributed by atoms with Gasteiger partial charge in [-0.1, -0.05) is 6.08 Å². The molecule has 0 atom stereocenters. The Labute approximate surface area is 103 Å². The largest absolute Gasteiger partial charge is 0.492 e. The number of nitrogens with zero attached hydrogens (tertiary/aromatic N) is 1. The van der Waals surface area contributed by atoms with E-state index in [1.165, 1.54) is 6.07 Å². The predicted molar refractivity (Wildman–Crippen MR) is 61.1 cm³/mol. The molecule has 0 N–H and O–H groups in total. The molecule has 96 valence electrons. The predicted octanol–water partition coefficient (Wildman–Crippen LogP) is 3.92. The number of alkyl halides is 3. The van der Waals surface area contributed by atoms with Gasteiger partial charge in [0.25, 0.3) is 0 Å². The van der Waals surface area contributed by atoms with Crippen LogP contribution in [0.2, 0.25) is 0 Å². The van der Waals surface area contributed by atoms with Gasteiger partial charge in [-0.2, -0.15) is 18.4 Å². The fourth-order valence-electron chi connectivity index (χ4n) is 1.33. The Morgan fingerprint density at radius 2 is 2.11 bits per heavy atom. The topological polar surface area (TPSA) is 33.0 Å². The number of benzene rings is 1. The summed E-state index contributed by atoms with van der Waals surface area (Å²) in [6.45, 7) is 3.88. The molecule has 0 unspecified atom stereocenters. The Morgan fingerprint density at radius 1 is 1.39 bits per heavy atom. The summed E-state index contributed by atoms with van der Waals surface area (Å²) in [5, 5.41) is 8.80. The molecule has 0 saturated heterocycles. The molecule has 1 aromatic carbocycles. The third kappa shape index (κ3) is 3.81. The minimum atomic E-state index is -4.45. The lowest BCUT2D eigenvalue weighted by Crippen LogP contribution is -2.06. The molecule has 5 heteroatoms. The molecular weight excluding hydrogens is 243 g/mol. The molecule has 0 aliphatic heterocycles. The van der Waals surface area contributed by atoms with Gasteiger partial charge in [0, 0.05) is 0 Å². The van der Waals surface area contributed by atoms with Gasteiger partial charge in [-0.25, -0.2) is 0 Å². The van der Waals surface area contributed by atoms with E-state index >= 15 is 0 Å². The highest BCUT2D eigenvalue weighted by Crippen LogP contribution is 2.32. The number of hydrogen-bond donors (Lipinski definition) is 0. The van der Waals surface area contributed by atoms with Crippen molar-refractivity contribution in [3.63, 3.8) is 0 Å². The number of rotatable bonds is 5. The van der Waals surface area contributed by atoms with Gasteiger partial charge in [-0.15, -0.1) is 6.58 Å². The standard InChI is InChI=1S/C13H12F3NO/c1-2-3-4-7-18-12-6-5-11(13(14,15)16)8-10(12)9-17/h2,5-6,8H,1,3-4,7H2. The molecule has 0 saturated carbocycles. The van der Waals surface area contributed by atoms with E-state index in [9.17, 15) is 13.2 Å². The van der Waals surface area contributed by atoms with Crippen molar-refractivity contribution in [1.29, 1.82) is 5.26 Å². The minimum absolute atomic E-state index is 0.108. The van der Waals surface area contributed by atoms with Gasteiger partial charge in [0.15, 0.2) is 0 Å². The fraction of sp³-hybridized carbons (Fsp3) is 0.308. The Kier molecular flexibility index (Phi) is 4.78. The molecule has 0 aromatic heterocycles. The highest BCUT2D eigenvalue weighted by atomic mass is 19.4. The molecule has 0 aliphatic carbocycles. The van der Waals surface area contributed by atoms with E-state index in [-0.39, 0.29) is 11.3 Å². The van der Waals surface area contributed by atoms with Crippen LogP contribution in [-0.4, -0.2) is 6.61 Å². The highest BCUT2D eigenvalue weighted by Gasteiger charge is 2.31. The van der Waals surface area contributed by atoms with Crippen LogP contribution < -0.4 is 4.74 Å². The summed E-state index contributed by atoms with van der Waals surface area (Å²) < 4.78 is 42.5. The second kappa shape index (κ2) is 6.10. The molecule has 0 spiro atoms. The molecule has 0 radical (unpaired) electrons. The number of halogens is 3. The van der Waals surface area contributed by atoms with Crippen LogP contribution in [0, 0.1) is 11.3 Å². The lowest BCUT2D eigenvalue weighted by atomic mass is 10.1. The van der Waals surface area contributed by atoms with Gasteiger partial charge in [0.2, 0.25) is 0 Å². The summed E-state index contributed by atoms with van der Waals surface area (Å²) in [5.74, 6) is 0.176. The first-order valence-corrected chi connectivity index (χ1v) is 5.34. The first kappa shape index (κ1) is 14.1. The maximum absolute atomic E-state index is 12.4. The van der Waals surface area contributed by atoms with E-state index in [4.69, 9.17) is 10.00 Å². The van der Waals surface area contributed by atoms with Gasteiger partial charge < -0.3 is 4.74 Å². The Morgan fingerprint density at radius 3 is 2.67 bits per heavy atom. The van der Waals surface area contributed by atoms with Crippen LogP contribution in [0.25, 0.3) is 0 Å². The van der Waals surface area contributed by atoms with E-state index in [1.54, 1.807) is 12.1 Å². The van der Waals surface area contributed by atoms with Gasteiger partial charge in [0.05, 0.1) is 17.7 Å². The lowest BCUT2D eigenvalue weighted by Gasteiger charge is -2.10. The zero-order valence-corrected chi connectivity index (χ0v) is 9.63. The van der Waals surface area contributed by atoms with Crippen LogP contribution in [0.4, 0.5) is 13.2 Å². The number of nitriles is 1. The van der Waals surface area contributed by atoms with Crippen molar-refractivity contribution in [3.8, 4) is 11.8 Å². The van der Waals surface area contributed by atoms with E-state index < -0.39 is 11.7 Å². The molecule has 2 nitrogen and oxygen atoms in total. The lowest BCUT2D eigenvalue weighted by molar-refractivity contribution is -0.137. The van der Waals surface area contributed by atoms with Crippen LogP contribution >= 0.6 is 0 Å². The average Bonchev–Trinajstić information content (AvgIpc) is 2.33. The Balaban J connectivity index is 2.82. The van der Waals surface area contributed by atoms with E-state index in [0.29, 0.717) is 13.0 Å². The SMILES string of the molecule is C=CCCCOc1ccc(C(F)(F)F)cc1C#N. The zero-order chi connectivity index (χ0) is 13.6. The second-order valence-electron chi connectivity index (χ2n) is 3.60. The first-order valence-electron chi connectivity index (χ1n) is 5.34. The smallest absolute Gasteiger partial charge is 0.416 e.